The maximum absolute atomic E-state index is 9.92. The van der Waals surface area contributed by atoms with E-state index in [1.54, 1.807) is 0 Å². The normalized spacial score (nSPS) is 12.6. The van der Waals surface area contributed by atoms with Gasteiger partial charge >= 0.3 is 0 Å². The molecular weight excluding hydrogens is 216 g/mol. The molecule has 1 N–H and O–H groups in total. The lowest BCUT2D eigenvalue weighted by Gasteiger charge is -2.10. The highest BCUT2D eigenvalue weighted by atomic mass is 32.2. The lowest BCUT2D eigenvalue weighted by molar-refractivity contribution is 0.163. The second-order valence-electron chi connectivity index (χ2n) is 3.97. The SMILES string of the molecule is CCSCCCCCC(O)c1ccccc1. The maximum Gasteiger partial charge on any atom is 0.0790 e. The molecule has 0 aliphatic carbocycles. The zero-order chi connectivity index (χ0) is 11.6. The second-order valence-corrected chi connectivity index (χ2v) is 5.37. The second kappa shape index (κ2) is 8.66. The summed E-state index contributed by atoms with van der Waals surface area (Å²) in [6.45, 7) is 2.20. The molecular formula is C14H22OS. The minimum absolute atomic E-state index is 0.278. The lowest BCUT2D eigenvalue weighted by atomic mass is 10.0. The molecule has 0 amide bonds. The number of hydrogen-bond donors (Lipinski definition) is 1. The molecule has 90 valence electrons. The fraction of sp³-hybridized carbons (Fsp3) is 0.571. The Morgan fingerprint density at radius 3 is 2.56 bits per heavy atom. The van der Waals surface area contributed by atoms with E-state index in [2.05, 4.69) is 6.92 Å². The van der Waals surface area contributed by atoms with Crippen LogP contribution in [0.5, 0.6) is 0 Å². The van der Waals surface area contributed by atoms with Gasteiger partial charge in [0.15, 0.2) is 0 Å². The average molecular weight is 238 g/mol. The number of benzene rings is 1. The largest absolute Gasteiger partial charge is 0.388 e. The van der Waals surface area contributed by atoms with E-state index in [9.17, 15) is 5.11 Å². The monoisotopic (exact) mass is 238 g/mol. The molecule has 0 saturated carbocycles. The molecule has 1 nitrogen and oxygen atoms in total. The van der Waals surface area contributed by atoms with Crippen LogP contribution >= 0.6 is 11.8 Å². The van der Waals surface area contributed by atoms with Crippen LogP contribution in [-0.2, 0) is 0 Å². The van der Waals surface area contributed by atoms with Crippen LogP contribution < -0.4 is 0 Å². The van der Waals surface area contributed by atoms with E-state index in [1.165, 1.54) is 24.3 Å². The van der Waals surface area contributed by atoms with Gasteiger partial charge in [-0.3, -0.25) is 0 Å². The first kappa shape index (κ1) is 13.6. The Hall–Kier alpha value is -0.470. The summed E-state index contributed by atoms with van der Waals surface area (Å²) in [5, 5.41) is 9.92. The highest BCUT2D eigenvalue weighted by molar-refractivity contribution is 7.99. The van der Waals surface area contributed by atoms with Crippen LogP contribution in [0, 0.1) is 0 Å². The molecule has 1 aromatic carbocycles. The summed E-state index contributed by atoms with van der Waals surface area (Å²) in [6.07, 6.45) is 4.25. The van der Waals surface area contributed by atoms with E-state index in [-0.39, 0.29) is 6.10 Å². The average Bonchev–Trinajstić information content (AvgIpc) is 2.34. The molecule has 0 radical (unpaired) electrons. The molecule has 0 fully saturated rings. The van der Waals surface area contributed by atoms with Gasteiger partial charge in [-0.15, -0.1) is 0 Å². The minimum Gasteiger partial charge on any atom is -0.388 e. The summed E-state index contributed by atoms with van der Waals surface area (Å²) in [7, 11) is 0. The molecule has 0 aliphatic rings. The van der Waals surface area contributed by atoms with Crippen LogP contribution in [0.1, 0.15) is 44.3 Å². The summed E-state index contributed by atoms with van der Waals surface area (Å²) in [5.74, 6) is 2.48. The van der Waals surface area contributed by atoms with Gasteiger partial charge in [-0.2, -0.15) is 11.8 Å². The van der Waals surface area contributed by atoms with E-state index >= 15 is 0 Å². The van der Waals surface area contributed by atoms with Crippen molar-refractivity contribution in [3.63, 3.8) is 0 Å². The van der Waals surface area contributed by atoms with Crippen LogP contribution in [-0.4, -0.2) is 16.6 Å². The van der Waals surface area contributed by atoms with Crippen molar-refractivity contribution in [3.05, 3.63) is 35.9 Å². The maximum atomic E-state index is 9.92. The number of aliphatic hydroxyl groups excluding tert-OH is 1. The zero-order valence-corrected chi connectivity index (χ0v) is 10.9. The Morgan fingerprint density at radius 1 is 1.12 bits per heavy atom. The zero-order valence-electron chi connectivity index (χ0n) is 10.1. The van der Waals surface area contributed by atoms with Crippen LogP contribution in [0.4, 0.5) is 0 Å². The summed E-state index contributed by atoms with van der Waals surface area (Å²) < 4.78 is 0. The van der Waals surface area contributed by atoms with Crippen molar-refractivity contribution in [2.45, 2.75) is 38.7 Å². The predicted octanol–water partition coefficient (Wildman–Crippen LogP) is 4.03. The van der Waals surface area contributed by atoms with E-state index in [0.29, 0.717) is 0 Å². The molecule has 16 heavy (non-hydrogen) atoms. The molecule has 1 aromatic rings. The molecule has 0 saturated heterocycles. The van der Waals surface area contributed by atoms with E-state index in [0.717, 1.165) is 18.4 Å². The highest BCUT2D eigenvalue weighted by Gasteiger charge is 2.05. The van der Waals surface area contributed by atoms with Crippen molar-refractivity contribution in [1.82, 2.24) is 0 Å². The van der Waals surface area contributed by atoms with Gasteiger partial charge in [0.25, 0.3) is 0 Å². The van der Waals surface area contributed by atoms with Gasteiger partial charge in [0.1, 0.15) is 0 Å². The Labute approximate surface area is 103 Å². The van der Waals surface area contributed by atoms with Gasteiger partial charge in [0, 0.05) is 0 Å². The minimum atomic E-state index is -0.278. The molecule has 1 unspecified atom stereocenters. The quantitative estimate of drug-likeness (QED) is 0.690. The van der Waals surface area contributed by atoms with Crippen LogP contribution in [0.25, 0.3) is 0 Å². The highest BCUT2D eigenvalue weighted by Crippen LogP contribution is 2.19. The van der Waals surface area contributed by atoms with Crippen molar-refractivity contribution in [2.75, 3.05) is 11.5 Å². The third-order valence-corrected chi connectivity index (χ3v) is 3.64. The summed E-state index contributed by atoms with van der Waals surface area (Å²) in [6, 6.07) is 9.94. The van der Waals surface area contributed by atoms with E-state index < -0.39 is 0 Å². The molecule has 0 aliphatic heterocycles. The Bertz CT molecular complexity index is 261. The standard InChI is InChI=1S/C14H22OS/c1-2-16-12-8-4-7-11-14(15)13-9-5-3-6-10-13/h3,5-6,9-10,14-15H,2,4,7-8,11-12H2,1H3. The van der Waals surface area contributed by atoms with Gasteiger partial charge in [0.2, 0.25) is 0 Å². The number of hydrogen-bond acceptors (Lipinski definition) is 2. The Balaban J connectivity index is 2.09. The molecule has 2 heteroatoms. The summed E-state index contributed by atoms with van der Waals surface area (Å²) >= 11 is 2.00. The molecule has 0 heterocycles. The number of unbranched alkanes of at least 4 members (excludes halogenated alkanes) is 2. The van der Waals surface area contributed by atoms with Crippen molar-refractivity contribution in [2.24, 2.45) is 0 Å². The van der Waals surface area contributed by atoms with Gasteiger partial charge < -0.3 is 5.11 Å². The predicted molar refractivity (Wildman–Crippen MR) is 72.9 cm³/mol. The molecule has 0 aromatic heterocycles. The van der Waals surface area contributed by atoms with Gasteiger partial charge in [0.05, 0.1) is 6.10 Å². The lowest BCUT2D eigenvalue weighted by Crippen LogP contribution is -1.97. The number of thioether (sulfide) groups is 1. The van der Waals surface area contributed by atoms with E-state index in [4.69, 9.17) is 0 Å². The van der Waals surface area contributed by atoms with E-state index in [1.807, 2.05) is 42.1 Å². The molecule has 0 bridgehead atoms. The number of rotatable bonds is 8. The van der Waals surface area contributed by atoms with Crippen LogP contribution in [0.15, 0.2) is 30.3 Å². The first-order valence-corrected chi connectivity index (χ1v) is 7.30. The van der Waals surface area contributed by atoms with Crippen LogP contribution in [0.3, 0.4) is 0 Å². The van der Waals surface area contributed by atoms with Gasteiger partial charge in [-0.05, 0) is 29.9 Å². The Morgan fingerprint density at radius 2 is 1.88 bits per heavy atom. The Kier molecular flexibility index (Phi) is 7.35. The third kappa shape index (κ3) is 5.57. The fourth-order valence-electron chi connectivity index (χ4n) is 1.70. The smallest absolute Gasteiger partial charge is 0.0790 e. The van der Waals surface area contributed by atoms with Crippen molar-refractivity contribution >= 4 is 11.8 Å². The first-order valence-electron chi connectivity index (χ1n) is 6.15. The van der Waals surface area contributed by atoms with Crippen molar-refractivity contribution < 1.29 is 5.11 Å². The topological polar surface area (TPSA) is 20.2 Å². The fourth-order valence-corrected chi connectivity index (χ4v) is 2.40. The number of aliphatic hydroxyl groups is 1. The van der Waals surface area contributed by atoms with Crippen LogP contribution in [0.2, 0.25) is 0 Å². The third-order valence-electron chi connectivity index (χ3n) is 2.65. The molecule has 1 rings (SSSR count). The summed E-state index contributed by atoms with van der Waals surface area (Å²) in [4.78, 5) is 0. The first-order chi connectivity index (χ1) is 7.84. The van der Waals surface area contributed by atoms with Gasteiger partial charge in [-0.25, -0.2) is 0 Å². The van der Waals surface area contributed by atoms with Crippen molar-refractivity contribution in [3.8, 4) is 0 Å². The molecule has 0 spiro atoms. The van der Waals surface area contributed by atoms with Gasteiger partial charge in [-0.1, -0.05) is 50.1 Å². The van der Waals surface area contributed by atoms with Crippen molar-refractivity contribution in [1.29, 1.82) is 0 Å². The summed E-state index contributed by atoms with van der Waals surface area (Å²) in [5.41, 5.74) is 1.05. The molecule has 1 atom stereocenters.